The number of carbonyl (C=O) groups excluding carboxylic acids is 1. The molecule has 1 saturated heterocycles. The lowest BCUT2D eigenvalue weighted by atomic mass is 10.1. The van der Waals surface area contributed by atoms with Crippen LogP contribution in [0.5, 0.6) is 11.5 Å². The van der Waals surface area contributed by atoms with Gasteiger partial charge in [0.25, 0.3) is 5.91 Å². The van der Waals surface area contributed by atoms with E-state index in [9.17, 15) is 4.79 Å². The average molecular weight is 509 g/mol. The molecule has 0 spiro atoms. The minimum Gasteiger partial charge on any atom is -0.457 e. The number of hydrogen-bond acceptors (Lipinski definition) is 7. The Bertz CT molecular complexity index is 1320. The molecule has 5 rings (SSSR count). The summed E-state index contributed by atoms with van der Waals surface area (Å²) in [5.41, 5.74) is 2.22. The van der Waals surface area contributed by atoms with E-state index >= 15 is 0 Å². The monoisotopic (exact) mass is 508 g/mol. The summed E-state index contributed by atoms with van der Waals surface area (Å²) in [6.45, 7) is 3.78. The predicted molar refractivity (Wildman–Crippen MR) is 151 cm³/mol. The van der Waals surface area contributed by atoms with Crippen LogP contribution in [0, 0.1) is 0 Å². The molecular weight excluding hydrogens is 476 g/mol. The summed E-state index contributed by atoms with van der Waals surface area (Å²) in [6.07, 6.45) is 5.48. The molecule has 38 heavy (non-hydrogen) atoms. The number of nitrogens with zero attached hydrogens (tertiary/aromatic N) is 3. The highest BCUT2D eigenvalue weighted by Gasteiger charge is 2.11. The van der Waals surface area contributed by atoms with E-state index in [0.717, 1.165) is 42.5 Å². The van der Waals surface area contributed by atoms with Crippen LogP contribution in [-0.2, 0) is 0 Å². The van der Waals surface area contributed by atoms with Gasteiger partial charge in [-0.1, -0.05) is 30.7 Å². The van der Waals surface area contributed by atoms with Crippen molar-refractivity contribution in [2.45, 2.75) is 19.3 Å². The number of benzene rings is 3. The summed E-state index contributed by atoms with van der Waals surface area (Å²) in [5, 5.41) is 9.52. The summed E-state index contributed by atoms with van der Waals surface area (Å²) < 4.78 is 5.85. The van der Waals surface area contributed by atoms with Gasteiger partial charge in [-0.2, -0.15) is 4.98 Å². The Morgan fingerprint density at radius 2 is 1.61 bits per heavy atom. The van der Waals surface area contributed by atoms with Gasteiger partial charge in [0.15, 0.2) is 0 Å². The number of carbonyl (C=O) groups is 1. The zero-order valence-electron chi connectivity index (χ0n) is 21.3. The van der Waals surface area contributed by atoms with Gasteiger partial charge in [-0.3, -0.25) is 4.79 Å². The Balaban J connectivity index is 1.15. The van der Waals surface area contributed by atoms with Gasteiger partial charge >= 0.3 is 0 Å². The van der Waals surface area contributed by atoms with Crippen molar-refractivity contribution in [3.8, 4) is 11.5 Å². The summed E-state index contributed by atoms with van der Waals surface area (Å²) in [6, 6.07) is 26.5. The topological polar surface area (TPSA) is 91.4 Å². The summed E-state index contributed by atoms with van der Waals surface area (Å²) >= 11 is 0. The first kappa shape index (κ1) is 25.2. The molecule has 1 amide bonds. The number of hydrogen-bond donors (Lipinski definition) is 3. The molecule has 0 bridgehead atoms. The Labute approximate surface area is 223 Å². The van der Waals surface area contributed by atoms with Crippen LogP contribution in [0.4, 0.5) is 23.1 Å². The van der Waals surface area contributed by atoms with Gasteiger partial charge in [0.1, 0.15) is 17.3 Å². The van der Waals surface area contributed by atoms with Crippen LogP contribution in [0.3, 0.4) is 0 Å². The highest BCUT2D eigenvalue weighted by Crippen LogP contribution is 2.24. The van der Waals surface area contributed by atoms with Gasteiger partial charge in [-0.05, 0) is 86.6 Å². The molecule has 0 atom stereocenters. The molecule has 0 unspecified atom stereocenters. The van der Waals surface area contributed by atoms with Crippen molar-refractivity contribution in [3.63, 3.8) is 0 Å². The largest absolute Gasteiger partial charge is 0.457 e. The minimum atomic E-state index is -0.0818. The van der Waals surface area contributed by atoms with Gasteiger partial charge in [-0.25, -0.2) is 4.98 Å². The van der Waals surface area contributed by atoms with E-state index in [4.69, 9.17) is 4.74 Å². The predicted octanol–water partition coefficient (Wildman–Crippen LogP) is 5.97. The second-order valence-corrected chi connectivity index (χ2v) is 9.19. The van der Waals surface area contributed by atoms with Gasteiger partial charge in [-0.15, -0.1) is 0 Å². The molecule has 1 aromatic heterocycles. The van der Waals surface area contributed by atoms with Crippen molar-refractivity contribution in [1.29, 1.82) is 0 Å². The van der Waals surface area contributed by atoms with Crippen molar-refractivity contribution in [2.24, 2.45) is 0 Å². The number of nitrogens with one attached hydrogen (secondary N) is 3. The quantitative estimate of drug-likeness (QED) is 0.243. The van der Waals surface area contributed by atoms with Crippen molar-refractivity contribution >= 4 is 29.0 Å². The van der Waals surface area contributed by atoms with E-state index in [0.29, 0.717) is 23.9 Å². The highest BCUT2D eigenvalue weighted by molar-refractivity contribution is 5.95. The second kappa shape index (κ2) is 12.7. The Hall–Kier alpha value is -4.43. The molecule has 0 saturated carbocycles. The SMILES string of the molecule is O=C(NCCN1CCCCC1)c1cccc(Nc2nccc(Nc3ccc(Oc4ccccc4)cc3)n2)c1. The van der Waals surface area contributed by atoms with Crippen molar-refractivity contribution in [3.05, 3.63) is 96.7 Å². The first-order valence-corrected chi connectivity index (χ1v) is 13.0. The molecular formula is C30H32N6O2. The number of rotatable bonds is 10. The smallest absolute Gasteiger partial charge is 0.251 e. The lowest BCUT2D eigenvalue weighted by Gasteiger charge is -2.26. The van der Waals surface area contributed by atoms with E-state index < -0.39 is 0 Å². The summed E-state index contributed by atoms with van der Waals surface area (Å²) in [5.74, 6) is 2.54. The zero-order chi connectivity index (χ0) is 26.0. The maximum absolute atomic E-state index is 12.7. The number of anilines is 4. The van der Waals surface area contributed by atoms with Crippen LogP contribution < -0.4 is 20.7 Å². The fourth-order valence-electron chi connectivity index (χ4n) is 4.35. The van der Waals surface area contributed by atoms with Gasteiger partial charge in [0, 0.05) is 36.2 Å². The molecule has 1 fully saturated rings. The van der Waals surface area contributed by atoms with Crippen molar-refractivity contribution in [1.82, 2.24) is 20.2 Å². The van der Waals surface area contributed by atoms with Crippen molar-refractivity contribution in [2.75, 3.05) is 36.8 Å². The third kappa shape index (κ3) is 7.30. The molecule has 0 radical (unpaired) electrons. The molecule has 8 nitrogen and oxygen atoms in total. The maximum atomic E-state index is 12.7. The van der Waals surface area contributed by atoms with Crippen LogP contribution in [0.15, 0.2) is 91.1 Å². The van der Waals surface area contributed by atoms with E-state index in [1.807, 2.05) is 78.9 Å². The lowest BCUT2D eigenvalue weighted by molar-refractivity contribution is 0.0946. The van der Waals surface area contributed by atoms with Crippen LogP contribution >= 0.6 is 0 Å². The number of piperidine rings is 1. The Morgan fingerprint density at radius 1 is 0.816 bits per heavy atom. The van der Waals surface area contributed by atoms with Gasteiger partial charge < -0.3 is 25.6 Å². The number of ether oxygens (including phenoxy) is 1. The van der Waals surface area contributed by atoms with E-state index in [-0.39, 0.29) is 5.91 Å². The maximum Gasteiger partial charge on any atom is 0.251 e. The first-order chi connectivity index (χ1) is 18.7. The summed E-state index contributed by atoms with van der Waals surface area (Å²) in [4.78, 5) is 24.0. The van der Waals surface area contributed by atoms with Crippen LogP contribution in [0.1, 0.15) is 29.6 Å². The van der Waals surface area contributed by atoms with Crippen LogP contribution in [0.25, 0.3) is 0 Å². The Morgan fingerprint density at radius 3 is 2.42 bits per heavy atom. The normalized spacial score (nSPS) is 13.5. The van der Waals surface area contributed by atoms with Gasteiger partial charge in [0.05, 0.1) is 0 Å². The molecule has 1 aliphatic rings. The number of aromatic nitrogens is 2. The highest BCUT2D eigenvalue weighted by atomic mass is 16.5. The minimum absolute atomic E-state index is 0.0818. The van der Waals surface area contributed by atoms with E-state index in [1.165, 1.54) is 19.3 Å². The molecule has 1 aliphatic heterocycles. The zero-order valence-corrected chi connectivity index (χ0v) is 21.3. The fourth-order valence-corrected chi connectivity index (χ4v) is 4.35. The number of amides is 1. The molecule has 3 aromatic carbocycles. The second-order valence-electron chi connectivity index (χ2n) is 9.19. The first-order valence-electron chi connectivity index (χ1n) is 13.0. The summed E-state index contributed by atoms with van der Waals surface area (Å²) in [7, 11) is 0. The molecule has 0 aliphatic carbocycles. The van der Waals surface area contributed by atoms with Crippen LogP contribution in [-0.4, -0.2) is 47.0 Å². The van der Waals surface area contributed by atoms with Crippen LogP contribution in [0.2, 0.25) is 0 Å². The molecule has 3 N–H and O–H groups in total. The Kier molecular flexibility index (Phi) is 8.43. The fraction of sp³-hybridized carbons (Fsp3) is 0.233. The number of para-hydroxylation sites is 1. The van der Waals surface area contributed by atoms with Gasteiger partial charge in [0.2, 0.25) is 5.95 Å². The number of likely N-dealkylation sites (tertiary alicyclic amines) is 1. The third-order valence-electron chi connectivity index (χ3n) is 6.30. The lowest BCUT2D eigenvalue weighted by Crippen LogP contribution is -2.37. The van der Waals surface area contributed by atoms with Crippen molar-refractivity contribution < 1.29 is 9.53 Å². The third-order valence-corrected chi connectivity index (χ3v) is 6.30. The molecule has 8 heteroatoms. The molecule has 2 heterocycles. The average Bonchev–Trinajstić information content (AvgIpc) is 2.96. The van der Waals surface area contributed by atoms with E-state index in [2.05, 4.69) is 30.8 Å². The molecule has 194 valence electrons. The molecule has 4 aromatic rings. The standard InChI is InChI=1S/C30H32N6O2/c37-29(31-18-21-36-19-5-2-6-20-36)23-8-7-9-25(22-23)34-30-32-17-16-28(35-30)33-24-12-14-27(15-13-24)38-26-10-3-1-4-11-26/h1,3-4,7-17,22H,2,5-6,18-21H2,(H,31,37)(H2,32,33,34,35). The van der Waals surface area contributed by atoms with E-state index in [1.54, 1.807) is 12.3 Å².